The number of rotatable bonds is 4. The van der Waals surface area contributed by atoms with Crippen LogP contribution in [-0.2, 0) is 24.9 Å². The number of amides is 1. The Morgan fingerprint density at radius 2 is 2.27 bits per heavy atom. The third kappa shape index (κ3) is 2.64. The van der Waals surface area contributed by atoms with Crippen LogP contribution >= 0.6 is 11.3 Å². The van der Waals surface area contributed by atoms with E-state index in [2.05, 4.69) is 10.1 Å². The van der Waals surface area contributed by atoms with Crippen LogP contribution in [0.2, 0.25) is 0 Å². The fourth-order valence-electron chi connectivity index (χ4n) is 2.19. The summed E-state index contributed by atoms with van der Waals surface area (Å²) in [6.07, 6.45) is 2.86. The van der Waals surface area contributed by atoms with Crippen LogP contribution in [0.25, 0.3) is 11.0 Å². The Morgan fingerprint density at radius 1 is 1.45 bits per heavy atom. The highest BCUT2D eigenvalue weighted by atomic mass is 32.1. The number of likely N-dealkylation sites (N-methyl/N-ethyl adjacent to an activating group) is 1. The van der Waals surface area contributed by atoms with Crippen LogP contribution in [-0.4, -0.2) is 37.2 Å². The number of carbonyl (C=O) groups is 1. The first-order valence-electron chi connectivity index (χ1n) is 6.68. The van der Waals surface area contributed by atoms with Gasteiger partial charge in [-0.2, -0.15) is 16.4 Å². The highest BCUT2D eigenvalue weighted by Crippen LogP contribution is 2.09. The molecule has 0 N–H and O–H groups in total. The van der Waals surface area contributed by atoms with E-state index in [0.717, 1.165) is 5.56 Å². The molecule has 7 nitrogen and oxygen atoms in total. The number of aromatic nitrogens is 4. The van der Waals surface area contributed by atoms with E-state index >= 15 is 0 Å². The van der Waals surface area contributed by atoms with Crippen molar-refractivity contribution >= 4 is 28.3 Å². The molecule has 3 aromatic rings. The van der Waals surface area contributed by atoms with E-state index in [9.17, 15) is 9.59 Å². The number of nitrogens with zero attached hydrogens (tertiary/aromatic N) is 5. The fourth-order valence-corrected chi connectivity index (χ4v) is 2.85. The first kappa shape index (κ1) is 14.5. The van der Waals surface area contributed by atoms with Gasteiger partial charge in [0.1, 0.15) is 18.3 Å². The van der Waals surface area contributed by atoms with E-state index in [0.29, 0.717) is 17.6 Å². The Hall–Kier alpha value is -2.48. The zero-order valence-electron chi connectivity index (χ0n) is 12.3. The summed E-state index contributed by atoms with van der Waals surface area (Å²) < 4.78 is 2.85. The first-order chi connectivity index (χ1) is 10.6. The first-order valence-corrected chi connectivity index (χ1v) is 7.62. The molecule has 8 heteroatoms. The van der Waals surface area contributed by atoms with E-state index in [-0.39, 0.29) is 18.0 Å². The highest BCUT2D eigenvalue weighted by molar-refractivity contribution is 7.07. The standard InChI is InChI=1S/C14H15N5O2S/c1-17(6-10-3-4-22-8-10)12(20)7-19-9-15-13-11(14(19)21)5-16-18(13)2/h3-5,8-9H,6-7H2,1-2H3. The minimum atomic E-state index is -0.254. The summed E-state index contributed by atoms with van der Waals surface area (Å²) in [6.45, 7) is 0.497. The molecule has 22 heavy (non-hydrogen) atoms. The number of aryl methyl sites for hydroxylation is 1. The maximum absolute atomic E-state index is 12.3. The predicted molar refractivity (Wildman–Crippen MR) is 83.6 cm³/mol. The molecule has 1 amide bonds. The van der Waals surface area contributed by atoms with E-state index in [1.54, 1.807) is 30.3 Å². The number of fused-ring (bicyclic) bond motifs is 1. The van der Waals surface area contributed by atoms with Gasteiger partial charge in [-0.1, -0.05) is 0 Å². The summed E-state index contributed by atoms with van der Waals surface area (Å²) in [5.41, 5.74) is 1.34. The SMILES string of the molecule is CN(Cc1ccsc1)C(=O)Cn1cnc2c(cnn2C)c1=O. The van der Waals surface area contributed by atoms with Crippen LogP contribution in [0.4, 0.5) is 0 Å². The van der Waals surface area contributed by atoms with Crippen molar-refractivity contribution in [2.24, 2.45) is 7.05 Å². The molecule has 0 aliphatic heterocycles. The molecular weight excluding hydrogens is 302 g/mol. The quantitative estimate of drug-likeness (QED) is 0.715. The zero-order chi connectivity index (χ0) is 15.7. The number of hydrogen-bond donors (Lipinski definition) is 0. The lowest BCUT2D eigenvalue weighted by Crippen LogP contribution is -2.33. The number of hydrogen-bond acceptors (Lipinski definition) is 5. The van der Waals surface area contributed by atoms with Crippen molar-refractivity contribution in [2.45, 2.75) is 13.1 Å². The van der Waals surface area contributed by atoms with Crippen molar-refractivity contribution in [1.82, 2.24) is 24.2 Å². The second-order valence-electron chi connectivity index (χ2n) is 5.06. The molecule has 0 spiro atoms. The molecule has 114 valence electrons. The molecule has 0 saturated heterocycles. The zero-order valence-corrected chi connectivity index (χ0v) is 13.1. The van der Waals surface area contributed by atoms with Gasteiger partial charge in [0, 0.05) is 20.6 Å². The van der Waals surface area contributed by atoms with Gasteiger partial charge in [0.15, 0.2) is 5.65 Å². The molecule has 0 aliphatic rings. The average Bonchev–Trinajstić information content (AvgIpc) is 3.12. The van der Waals surface area contributed by atoms with Crippen LogP contribution in [0, 0.1) is 0 Å². The van der Waals surface area contributed by atoms with Crippen LogP contribution < -0.4 is 5.56 Å². The molecule has 0 saturated carbocycles. The summed E-state index contributed by atoms with van der Waals surface area (Å²) in [4.78, 5) is 30.4. The number of thiophene rings is 1. The van der Waals surface area contributed by atoms with Gasteiger partial charge >= 0.3 is 0 Å². The Balaban J connectivity index is 1.79. The van der Waals surface area contributed by atoms with Gasteiger partial charge < -0.3 is 4.90 Å². The van der Waals surface area contributed by atoms with Crippen molar-refractivity contribution in [1.29, 1.82) is 0 Å². The van der Waals surface area contributed by atoms with Crippen LogP contribution in [0.3, 0.4) is 0 Å². The normalized spacial score (nSPS) is 11.0. The molecular formula is C14H15N5O2S. The molecule has 0 fully saturated rings. The van der Waals surface area contributed by atoms with E-state index < -0.39 is 0 Å². The fraction of sp³-hybridized carbons (Fsp3) is 0.286. The van der Waals surface area contributed by atoms with Gasteiger partial charge in [-0.15, -0.1) is 0 Å². The molecule has 0 unspecified atom stereocenters. The smallest absolute Gasteiger partial charge is 0.264 e. The maximum atomic E-state index is 12.3. The van der Waals surface area contributed by atoms with Gasteiger partial charge in [0.2, 0.25) is 5.91 Å². The van der Waals surface area contributed by atoms with E-state index in [1.165, 1.54) is 21.8 Å². The molecule has 0 radical (unpaired) electrons. The van der Waals surface area contributed by atoms with Gasteiger partial charge in [-0.25, -0.2) is 4.98 Å². The van der Waals surface area contributed by atoms with Crippen molar-refractivity contribution in [3.05, 3.63) is 45.3 Å². The van der Waals surface area contributed by atoms with E-state index in [1.807, 2.05) is 16.8 Å². The number of carbonyl (C=O) groups excluding carboxylic acids is 1. The lowest BCUT2D eigenvalue weighted by molar-refractivity contribution is -0.131. The topological polar surface area (TPSA) is 73.0 Å². The Morgan fingerprint density at radius 3 is 3.00 bits per heavy atom. The minimum absolute atomic E-state index is 0.0305. The Kier molecular flexibility index (Phi) is 3.76. The second-order valence-corrected chi connectivity index (χ2v) is 5.84. The lowest BCUT2D eigenvalue weighted by Gasteiger charge is -2.17. The highest BCUT2D eigenvalue weighted by Gasteiger charge is 2.14. The lowest BCUT2D eigenvalue weighted by atomic mass is 10.3. The molecule has 3 rings (SSSR count). The monoisotopic (exact) mass is 317 g/mol. The predicted octanol–water partition coefficient (Wildman–Crippen LogP) is 0.850. The third-order valence-corrected chi connectivity index (χ3v) is 4.18. The largest absolute Gasteiger partial charge is 0.340 e. The van der Waals surface area contributed by atoms with Crippen molar-refractivity contribution in [3.63, 3.8) is 0 Å². The van der Waals surface area contributed by atoms with Crippen molar-refractivity contribution < 1.29 is 4.79 Å². The summed E-state index contributed by atoms with van der Waals surface area (Å²) >= 11 is 1.59. The van der Waals surface area contributed by atoms with Gasteiger partial charge in [-0.3, -0.25) is 18.8 Å². The summed E-state index contributed by atoms with van der Waals surface area (Å²) in [6, 6.07) is 1.98. The van der Waals surface area contributed by atoms with Crippen molar-refractivity contribution in [3.8, 4) is 0 Å². The Bertz CT molecular complexity index is 865. The molecule has 0 bridgehead atoms. The second kappa shape index (κ2) is 5.72. The summed E-state index contributed by atoms with van der Waals surface area (Å²) in [5.74, 6) is -0.140. The van der Waals surface area contributed by atoms with Gasteiger partial charge in [0.25, 0.3) is 5.56 Å². The average molecular weight is 317 g/mol. The Labute approximate surface area is 130 Å². The van der Waals surface area contributed by atoms with Crippen LogP contribution in [0.5, 0.6) is 0 Å². The third-order valence-electron chi connectivity index (χ3n) is 3.45. The van der Waals surface area contributed by atoms with Crippen LogP contribution in [0.15, 0.2) is 34.1 Å². The van der Waals surface area contributed by atoms with Gasteiger partial charge in [0.05, 0.1) is 6.20 Å². The van der Waals surface area contributed by atoms with Crippen LogP contribution in [0.1, 0.15) is 5.56 Å². The minimum Gasteiger partial charge on any atom is -0.340 e. The van der Waals surface area contributed by atoms with Gasteiger partial charge in [-0.05, 0) is 22.4 Å². The molecule has 3 heterocycles. The molecule has 0 aromatic carbocycles. The summed E-state index contributed by atoms with van der Waals surface area (Å²) in [7, 11) is 3.44. The van der Waals surface area contributed by atoms with Crippen molar-refractivity contribution in [2.75, 3.05) is 7.05 Å². The van der Waals surface area contributed by atoms with E-state index in [4.69, 9.17) is 0 Å². The summed E-state index contributed by atoms with van der Waals surface area (Å²) in [5, 5.41) is 8.39. The maximum Gasteiger partial charge on any atom is 0.264 e. The molecule has 3 aromatic heterocycles. The molecule has 0 atom stereocenters. The molecule has 0 aliphatic carbocycles.